The van der Waals surface area contributed by atoms with Crippen molar-refractivity contribution in [3.63, 3.8) is 0 Å². The molecule has 2 aromatic heterocycles. The van der Waals surface area contributed by atoms with Gasteiger partial charge in [-0.3, -0.25) is 4.79 Å². The van der Waals surface area contributed by atoms with Gasteiger partial charge in [0.25, 0.3) is 5.56 Å². The Morgan fingerprint density at radius 3 is 2.31 bits per heavy atom. The van der Waals surface area contributed by atoms with E-state index >= 15 is 0 Å². The molecule has 0 atom stereocenters. The van der Waals surface area contributed by atoms with Crippen LogP contribution >= 0.6 is 10.3 Å². The molecule has 4 rings (SSSR count). The quantitative estimate of drug-likeness (QED) is 0.316. The molecule has 0 fully saturated rings. The van der Waals surface area contributed by atoms with Gasteiger partial charge >= 0.3 is 6.09 Å². The molecule has 2 heterocycles. The Hall–Kier alpha value is -3.03. The predicted molar refractivity (Wildman–Crippen MR) is 151 cm³/mol. The van der Waals surface area contributed by atoms with Crippen LogP contribution in [-0.4, -0.2) is 38.5 Å². The van der Waals surface area contributed by atoms with Crippen LogP contribution in [0, 0.1) is 0 Å². The van der Waals surface area contributed by atoms with Crippen LogP contribution < -0.4 is 5.56 Å². The van der Waals surface area contributed by atoms with Crippen molar-refractivity contribution in [3.8, 4) is 11.3 Å². The third-order valence-corrected chi connectivity index (χ3v) is 10.1. The van der Waals surface area contributed by atoms with E-state index in [0.29, 0.717) is 23.4 Å². The van der Waals surface area contributed by atoms with Crippen LogP contribution in [-0.2, 0) is 15.5 Å². The molecule has 2 aromatic carbocycles. The minimum absolute atomic E-state index is 0.0398. The number of carbonyl (C=O) groups excluding carboxylic acids is 1. The SMILES string of the molecule is CC(C)(C)OC(=O)n1c(-c2cc3ccccc3[nH]c2=O)cc2ccc(COS(C)(C)C(C)(C)C)cc21. The summed E-state index contributed by atoms with van der Waals surface area (Å²) in [6.45, 7) is 12.5. The van der Waals surface area contributed by atoms with Crippen molar-refractivity contribution >= 4 is 38.2 Å². The van der Waals surface area contributed by atoms with E-state index < -0.39 is 22.0 Å². The molecule has 6 nitrogen and oxygen atoms in total. The van der Waals surface area contributed by atoms with Crippen LogP contribution in [0.4, 0.5) is 4.79 Å². The van der Waals surface area contributed by atoms with Crippen molar-refractivity contribution in [2.24, 2.45) is 0 Å². The number of nitrogens with zero attached hydrogens (tertiary/aromatic N) is 1. The molecule has 0 bridgehead atoms. The standard InChI is InChI=1S/C29H36N2O4S/c1-28(2,3)35-27(33)31-24-15-19(18-34-36(7,8)29(4,5)6)13-14-21(24)17-25(31)22-16-20-11-9-10-12-23(20)30-26(22)32/h9-17H,18H2,1-8H3,(H,30,32). The van der Waals surface area contributed by atoms with Crippen molar-refractivity contribution in [3.05, 3.63) is 70.5 Å². The van der Waals surface area contributed by atoms with Crippen LogP contribution in [0.1, 0.15) is 47.1 Å². The monoisotopic (exact) mass is 508 g/mol. The fourth-order valence-electron chi connectivity index (χ4n) is 3.77. The molecule has 1 N–H and O–H groups in total. The molecular weight excluding hydrogens is 472 g/mol. The topological polar surface area (TPSA) is 73.3 Å². The van der Waals surface area contributed by atoms with E-state index in [1.165, 1.54) is 4.57 Å². The van der Waals surface area contributed by atoms with Gasteiger partial charge in [-0.1, -0.05) is 51.1 Å². The first kappa shape index (κ1) is 26.0. The van der Waals surface area contributed by atoms with Crippen LogP contribution in [0.15, 0.2) is 59.4 Å². The second-order valence-electron chi connectivity index (χ2n) is 11.4. The average molecular weight is 509 g/mol. The molecule has 0 radical (unpaired) electrons. The molecule has 0 spiro atoms. The number of hydrogen-bond donors (Lipinski definition) is 1. The van der Waals surface area contributed by atoms with Gasteiger partial charge in [0.2, 0.25) is 0 Å². The van der Waals surface area contributed by atoms with Gasteiger partial charge in [-0.2, -0.15) is 0 Å². The summed E-state index contributed by atoms with van der Waals surface area (Å²) >= 11 is 0. The number of ether oxygens (including phenoxy) is 1. The summed E-state index contributed by atoms with van der Waals surface area (Å²) in [5, 5.41) is 1.73. The molecule has 0 unspecified atom stereocenters. The Morgan fingerprint density at radius 2 is 1.64 bits per heavy atom. The largest absolute Gasteiger partial charge is 0.443 e. The number of para-hydroxylation sites is 1. The molecule has 36 heavy (non-hydrogen) atoms. The minimum Gasteiger partial charge on any atom is -0.443 e. The van der Waals surface area contributed by atoms with Crippen LogP contribution in [0.5, 0.6) is 0 Å². The highest BCUT2D eigenvalue weighted by atomic mass is 32.3. The number of benzene rings is 2. The van der Waals surface area contributed by atoms with Crippen molar-refractivity contribution in [2.45, 2.75) is 58.5 Å². The van der Waals surface area contributed by atoms with E-state index in [4.69, 9.17) is 8.92 Å². The Balaban J connectivity index is 1.86. The zero-order valence-electron chi connectivity index (χ0n) is 22.4. The lowest BCUT2D eigenvalue weighted by molar-refractivity contribution is 0.0547. The van der Waals surface area contributed by atoms with Crippen LogP contribution in [0.2, 0.25) is 0 Å². The van der Waals surface area contributed by atoms with Crippen molar-refractivity contribution in [2.75, 3.05) is 12.5 Å². The average Bonchev–Trinajstić information content (AvgIpc) is 3.14. The number of aromatic amines is 1. The van der Waals surface area contributed by atoms with Crippen LogP contribution in [0.3, 0.4) is 0 Å². The lowest BCUT2D eigenvalue weighted by Crippen LogP contribution is -2.28. The lowest BCUT2D eigenvalue weighted by Gasteiger charge is -2.43. The van der Waals surface area contributed by atoms with Gasteiger partial charge in [0.05, 0.1) is 23.4 Å². The predicted octanol–water partition coefficient (Wildman–Crippen LogP) is 7.23. The highest BCUT2D eigenvalue weighted by molar-refractivity contribution is 8.29. The molecule has 0 aliphatic rings. The summed E-state index contributed by atoms with van der Waals surface area (Å²) in [4.78, 5) is 29.5. The third kappa shape index (κ3) is 5.22. The van der Waals surface area contributed by atoms with Gasteiger partial charge in [0.15, 0.2) is 0 Å². The molecule has 0 aliphatic carbocycles. The van der Waals surface area contributed by atoms with E-state index in [0.717, 1.165) is 21.9 Å². The van der Waals surface area contributed by atoms with Gasteiger partial charge in [-0.25, -0.2) is 9.36 Å². The van der Waals surface area contributed by atoms with E-state index in [1.807, 2.05) is 75.4 Å². The van der Waals surface area contributed by atoms with Gasteiger partial charge < -0.3 is 13.9 Å². The zero-order valence-corrected chi connectivity index (χ0v) is 23.2. The zero-order chi connectivity index (χ0) is 26.5. The molecule has 4 aromatic rings. The summed E-state index contributed by atoms with van der Waals surface area (Å²) < 4.78 is 13.7. The maximum atomic E-state index is 13.5. The Morgan fingerprint density at radius 1 is 0.944 bits per heavy atom. The third-order valence-electron chi connectivity index (χ3n) is 6.47. The summed E-state index contributed by atoms with van der Waals surface area (Å²) in [7, 11) is -1.31. The molecular formula is C29H36N2O4S. The van der Waals surface area contributed by atoms with Crippen molar-refractivity contribution in [1.82, 2.24) is 9.55 Å². The highest BCUT2D eigenvalue weighted by Crippen LogP contribution is 2.54. The second kappa shape index (κ2) is 9.12. The van der Waals surface area contributed by atoms with Gasteiger partial charge in [0.1, 0.15) is 5.60 Å². The lowest BCUT2D eigenvalue weighted by atomic mass is 10.1. The minimum atomic E-state index is -1.31. The fourth-order valence-corrected chi connectivity index (χ4v) is 4.55. The fraction of sp³-hybridized carbons (Fsp3) is 0.379. The van der Waals surface area contributed by atoms with Gasteiger partial charge in [0, 0.05) is 15.6 Å². The number of rotatable bonds is 4. The number of hydrogen-bond acceptors (Lipinski definition) is 4. The smallest absolute Gasteiger partial charge is 0.419 e. The van der Waals surface area contributed by atoms with Crippen LogP contribution in [0.25, 0.3) is 33.1 Å². The summed E-state index contributed by atoms with van der Waals surface area (Å²) in [6.07, 6.45) is 3.80. The van der Waals surface area contributed by atoms with Crippen molar-refractivity contribution < 1.29 is 13.7 Å². The molecule has 192 valence electrons. The number of carbonyl (C=O) groups is 1. The molecule has 0 aliphatic heterocycles. The molecule has 0 amide bonds. The molecule has 7 heteroatoms. The summed E-state index contributed by atoms with van der Waals surface area (Å²) in [6, 6.07) is 17.2. The van der Waals surface area contributed by atoms with Gasteiger partial charge in [-0.15, -0.1) is 10.3 Å². The first-order valence-corrected chi connectivity index (χ1v) is 14.4. The summed E-state index contributed by atoms with van der Waals surface area (Å²) in [5.74, 6) is 0. The van der Waals surface area contributed by atoms with Gasteiger partial charge in [-0.05, 0) is 68.5 Å². The number of aromatic nitrogens is 2. The van der Waals surface area contributed by atoms with E-state index in [2.05, 4.69) is 38.3 Å². The second-order valence-corrected chi connectivity index (χ2v) is 15.4. The number of pyridine rings is 1. The van der Waals surface area contributed by atoms with E-state index in [9.17, 15) is 9.59 Å². The number of H-pyrrole nitrogens is 1. The first-order chi connectivity index (χ1) is 16.7. The highest BCUT2D eigenvalue weighted by Gasteiger charge is 2.29. The molecule has 0 saturated heterocycles. The molecule has 0 saturated carbocycles. The Bertz CT molecular complexity index is 1500. The first-order valence-electron chi connectivity index (χ1n) is 12.0. The summed E-state index contributed by atoms with van der Waals surface area (Å²) in [5.41, 5.74) is 2.32. The Kier molecular flexibility index (Phi) is 6.60. The van der Waals surface area contributed by atoms with E-state index in [-0.39, 0.29) is 10.3 Å². The maximum Gasteiger partial charge on any atom is 0.419 e. The Labute approximate surface area is 214 Å². The van der Waals surface area contributed by atoms with E-state index in [1.54, 1.807) is 0 Å². The van der Waals surface area contributed by atoms with Crippen molar-refractivity contribution in [1.29, 1.82) is 0 Å². The normalized spacial score (nSPS) is 13.3. The number of nitrogens with one attached hydrogen (secondary N) is 1. The maximum absolute atomic E-state index is 13.5. The number of fused-ring (bicyclic) bond motifs is 2.